The summed E-state index contributed by atoms with van der Waals surface area (Å²) in [6.07, 6.45) is 0. The SMILES string of the molecule is O.O.O=[N+]([O-])[O-].O=[N+]([O-])[O-].O=[N+]([O-])[O-].[Eu+3].[OH3+].[OH3+].[OH3+].[OH3+]. The Morgan fingerprint density at radius 2 is 0.474 bits per heavy atom. The van der Waals surface area contributed by atoms with E-state index in [0.717, 1.165) is 0 Å². The van der Waals surface area contributed by atoms with Crippen LogP contribution in [-0.4, -0.2) is 26.2 Å². The molecule has 0 aliphatic rings. The fourth-order valence-electron chi connectivity index (χ4n) is 0. The summed E-state index contributed by atoms with van der Waals surface area (Å²) in [6, 6.07) is 0. The normalized spacial score (nSPS) is 3.79. The molecule has 0 saturated carbocycles. The van der Waals surface area contributed by atoms with E-state index in [1.807, 2.05) is 0 Å². The molecule has 0 aromatic rings. The molecule has 0 aromatic heterocycles. The molecule has 0 aliphatic carbocycles. The van der Waals surface area contributed by atoms with E-state index in [0.29, 0.717) is 0 Å². The van der Waals surface area contributed by atoms with Crippen molar-refractivity contribution in [1.82, 2.24) is 0 Å². The van der Waals surface area contributed by atoms with Crippen molar-refractivity contribution in [2.45, 2.75) is 0 Å². The molecule has 0 fully saturated rings. The van der Waals surface area contributed by atoms with Crippen molar-refractivity contribution in [2.24, 2.45) is 0 Å². The first-order chi connectivity index (χ1) is 5.20. The van der Waals surface area contributed by atoms with Crippen molar-refractivity contribution in [1.29, 1.82) is 0 Å². The predicted molar refractivity (Wildman–Crippen MR) is 57.8 cm³/mol. The Kier molecular flexibility index (Phi) is 293. The molecule has 0 rings (SSSR count). The van der Waals surface area contributed by atoms with Crippen molar-refractivity contribution in [3.63, 3.8) is 0 Å². The largest absolute Gasteiger partial charge is 3.00 e. The number of rotatable bonds is 0. The van der Waals surface area contributed by atoms with Gasteiger partial charge in [0.2, 0.25) is 0 Å². The van der Waals surface area contributed by atoms with Crippen LogP contribution < -0.4 is 0 Å². The van der Waals surface area contributed by atoms with E-state index in [1.54, 1.807) is 0 Å². The quantitative estimate of drug-likeness (QED) is 0.192. The third-order valence-electron chi connectivity index (χ3n) is 0. The summed E-state index contributed by atoms with van der Waals surface area (Å²) in [4.78, 5) is 24.8. The number of nitrogens with zero attached hydrogens (tertiary/aromatic N) is 3. The molecule has 0 unspecified atom stereocenters. The van der Waals surface area contributed by atoms with Gasteiger partial charge < -0.3 is 78.8 Å². The molecule has 0 heterocycles. The topological polar surface area (TPSA) is 394 Å². The Bertz CT molecular complexity index is 115. The fraction of sp³-hybridized carbons (Fsp3) is 0. The Morgan fingerprint density at radius 1 is 0.474 bits per heavy atom. The van der Waals surface area contributed by atoms with Gasteiger partial charge >= 0.3 is 49.4 Å². The van der Waals surface area contributed by atoms with Crippen molar-refractivity contribution in [2.75, 3.05) is 0 Å². The first-order valence-electron chi connectivity index (χ1n) is 1.64. The molecule has 16 N–H and O–H groups in total. The maximum absolute atomic E-state index is 8.25. The Labute approximate surface area is 143 Å². The van der Waals surface area contributed by atoms with Crippen LogP contribution in [0.4, 0.5) is 0 Å². The van der Waals surface area contributed by atoms with Crippen molar-refractivity contribution < 1.29 is 97.5 Å². The Morgan fingerprint density at radius 3 is 0.474 bits per heavy atom. The second-order valence-corrected chi connectivity index (χ2v) is 0.671. The van der Waals surface area contributed by atoms with E-state index >= 15 is 0 Å². The van der Waals surface area contributed by atoms with Gasteiger partial charge in [-0.15, -0.1) is 0 Å². The van der Waals surface area contributed by atoms with Gasteiger partial charge in [-0.2, -0.15) is 0 Å². The van der Waals surface area contributed by atoms with Crippen LogP contribution in [0.15, 0.2) is 0 Å². The summed E-state index contributed by atoms with van der Waals surface area (Å²) in [6.45, 7) is 0. The second kappa shape index (κ2) is 68.3. The van der Waals surface area contributed by atoms with Gasteiger partial charge in [-0.1, -0.05) is 0 Å². The molecule has 0 saturated heterocycles. The maximum Gasteiger partial charge on any atom is 3.00 e. The van der Waals surface area contributed by atoms with Crippen LogP contribution in [0.3, 0.4) is 0 Å². The van der Waals surface area contributed by atoms with E-state index in [1.165, 1.54) is 0 Å². The van der Waals surface area contributed by atoms with Crippen molar-refractivity contribution in [3.05, 3.63) is 46.0 Å². The van der Waals surface area contributed by atoms with Gasteiger partial charge in [0, 0.05) is 0 Å². The van der Waals surface area contributed by atoms with Crippen LogP contribution in [0.1, 0.15) is 0 Å². The smallest absolute Gasteiger partial charge is 0.457 e. The third-order valence-corrected chi connectivity index (χ3v) is 0. The summed E-state index contributed by atoms with van der Waals surface area (Å²) >= 11 is 0. The summed E-state index contributed by atoms with van der Waals surface area (Å²) in [5.41, 5.74) is 0. The minimum Gasteiger partial charge on any atom is -0.457 e. The van der Waals surface area contributed by atoms with Crippen LogP contribution >= 0.6 is 0 Å². The summed E-state index contributed by atoms with van der Waals surface area (Å²) < 4.78 is 0. The van der Waals surface area contributed by atoms with Crippen LogP contribution in [0.25, 0.3) is 0 Å². The average Bonchev–Trinajstić information content (AvgIpc) is 1.54. The fourth-order valence-corrected chi connectivity index (χ4v) is 0. The Hall–Kier alpha value is -1.06. The summed E-state index contributed by atoms with van der Waals surface area (Å²) in [7, 11) is 0. The molecule has 18 nitrogen and oxygen atoms in total. The predicted octanol–water partition coefficient (Wildman–Crippen LogP) is -6.05. The minimum atomic E-state index is -1.75. The zero-order chi connectivity index (χ0) is 10.7. The summed E-state index contributed by atoms with van der Waals surface area (Å²) in [5, 5.41) is 44.2. The number of hydrogen-bond donors (Lipinski definition) is 0. The van der Waals surface area contributed by atoms with E-state index in [-0.39, 0.29) is 82.2 Å². The van der Waals surface area contributed by atoms with Gasteiger partial charge in [0.1, 0.15) is 0 Å². The van der Waals surface area contributed by atoms with Gasteiger partial charge in [-0.05, 0) is 0 Å². The van der Waals surface area contributed by atoms with E-state index in [2.05, 4.69) is 0 Å². The van der Waals surface area contributed by atoms with Crippen molar-refractivity contribution >= 4 is 0 Å². The maximum atomic E-state index is 8.25. The van der Waals surface area contributed by atoms with Gasteiger partial charge in [-0.25, -0.2) is 0 Å². The number of hydrogen-bond acceptors (Lipinski definition) is 9. The second-order valence-electron chi connectivity index (χ2n) is 0.671. The van der Waals surface area contributed by atoms with Crippen LogP contribution in [-0.2, 0) is 21.9 Å². The van der Waals surface area contributed by atoms with E-state index in [4.69, 9.17) is 46.0 Å². The zero-order valence-electron chi connectivity index (χ0n) is 8.70. The molecule has 0 atom stereocenters. The molecule has 0 radical (unpaired) electrons. The molecule has 0 amide bonds. The molecule has 19 heavy (non-hydrogen) atoms. The first-order valence-corrected chi connectivity index (χ1v) is 1.64. The Balaban J connectivity index is -0.00000000675. The van der Waals surface area contributed by atoms with Gasteiger partial charge in [0.25, 0.3) is 0 Å². The summed E-state index contributed by atoms with van der Waals surface area (Å²) in [5.74, 6) is 0. The standard InChI is InChI=1S/Eu.3NO3.6H2O/c;3*2-1(3)4;;;;;;/h;;;;6*1H2/q+3;3*-1;;;;;;/p+4. The molecule has 0 aromatic carbocycles. The molecular formula is H16EuN3O15+4. The molecular weight excluding hydrogens is 434 g/mol. The molecule has 19 heteroatoms. The first kappa shape index (κ1) is 81.6. The molecule has 0 bridgehead atoms. The van der Waals surface area contributed by atoms with E-state index < -0.39 is 15.3 Å². The van der Waals surface area contributed by atoms with Crippen LogP contribution in [0.5, 0.6) is 0 Å². The molecule has 0 spiro atoms. The van der Waals surface area contributed by atoms with Gasteiger partial charge in [0.05, 0.1) is 15.3 Å². The molecule has 124 valence electrons. The van der Waals surface area contributed by atoms with Gasteiger partial charge in [0.15, 0.2) is 0 Å². The van der Waals surface area contributed by atoms with Gasteiger partial charge in [-0.3, -0.25) is 0 Å². The monoisotopic (exact) mass is 451 g/mol. The molecule has 0 aliphatic heterocycles. The third kappa shape index (κ3) is 3400. The van der Waals surface area contributed by atoms with Crippen LogP contribution in [0, 0.1) is 95.3 Å². The average molecular weight is 450 g/mol. The minimum absolute atomic E-state index is 0. The van der Waals surface area contributed by atoms with Crippen LogP contribution in [0.2, 0.25) is 0 Å². The van der Waals surface area contributed by atoms with E-state index in [9.17, 15) is 0 Å². The zero-order valence-corrected chi connectivity index (χ0v) is 11.1. The van der Waals surface area contributed by atoms with Crippen molar-refractivity contribution in [3.8, 4) is 0 Å².